The van der Waals surface area contributed by atoms with Gasteiger partial charge in [-0.2, -0.15) is 11.8 Å². The van der Waals surface area contributed by atoms with E-state index in [1.165, 1.54) is 6.42 Å². The molecular weight excluding hydrogens is 960 g/mol. The van der Waals surface area contributed by atoms with Crippen molar-refractivity contribution in [2.75, 3.05) is 48.1 Å². The molecule has 0 rings (SSSR count). The predicted octanol–water partition coefficient (Wildman–Crippen LogP) is 20.0. The first-order valence-electron chi connectivity index (χ1n) is 21.7. The van der Waals surface area contributed by atoms with Crippen molar-refractivity contribution in [1.29, 1.82) is 0 Å². The molecule has 0 aromatic heterocycles. The zero-order valence-electron chi connectivity index (χ0n) is 51.4. The van der Waals surface area contributed by atoms with E-state index in [9.17, 15) is 0 Å². The quantitative estimate of drug-likeness (QED) is 0.156. The number of ether oxygens (including phenoxy) is 4. The molecule has 0 heterocycles. The van der Waals surface area contributed by atoms with Gasteiger partial charge in [-0.25, -0.2) is 0 Å². The Hall–Kier alpha value is -0.288. The van der Waals surface area contributed by atoms with Gasteiger partial charge in [0.25, 0.3) is 0 Å². The molecule has 0 saturated carbocycles. The predicted molar refractivity (Wildman–Crippen MR) is 323 cm³/mol. The molecule has 0 aliphatic carbocycles. The van der Waals surface area contributed by atoms with Crippen molar-refractivity contribution >= 4 is 48.3 Å². The second-order valence-corrected chi connectivity index (χ2v) is 26.2. The number of hydrogen-bond acceptors (Lipinski definition) is 5. The summed E-state index contributed by atoms with van der Waals surface area (Å²) in [5, 5.41) is 0. The van der Waals surface area contributed by atoms with Gasteiger partial charge in [0.15, 0.2) is 5.79 Å². The van der Waals surface area contributed by atoms with Gasteiger partial charge in [-0.05, 0) is 74.2 Å². The Morgan fingerprint density at radius 1 is 0.413 bits per heavy atom. The second kappa shape index (κ2) is 92.0. The van der Waals surface area contributed by atoms with E-state index >= 15 is 0 Å². The molecule has 0 spiro atoms. The van der Waals surface area contributed by atoms with E-state index in [1.54, 1.807) is 47.3 Å². The molecule has 0 saturated heterocycles. The van der Waals surface area contributed by atoms with Crippen LogP contribution in [0.5, 0.6) is 0 Å². The minimum atomic E-state index is -0.417. The Bertz CT molecular complexity index is 564. The Morgan fingerprint density at radius 2 is 0.492 bits per heavy atom. The van der Waals surface area contributed by atoms with Gasteiger partial charge < -0.3 is 18.9 Å². The van der Waals surface area contributed by atoms with Gasteiger partial charge in [-0.3, -0.25) is 0 Å². The molecule has 2 radical (unpaired) electrons. The average Bonchev–Trinajstić information content (AvgIpc) is 3.17. The molecule has 396 valence electrons. The fraction of sp³-hybridized carbons (Fsp3) is 0.750. The summed E-state index contributed by atoms with van der Waals surface area (Å²) in [7, 11) is 8.19. The molecule has 0 amide bonds. The maximum absolute atomic E-state index is 4.94. The number of methoxy groups -OCH3 is 4. The van der Waals surface area contributed by atoms with Crippen molar-refractivity contribution < 1.29 is 18.9 Å². The van der Waals surface area contributed by atoms with Crippen molar-refractivity contribution in [3.05, 3.63) is 92.1 Å². The van der Waals surface area contributed by atoms with Crippen LogP contribution >= 0.6 is 11.8 Å². The summed E-state index contributed by atoms with van der Waals surface area (Å²) in [5.74, 6) is 4.21. The summed E-state index contributed by atoms with van der Waals surface area (Å²) >= 11 is 2.10. The Labute approximate surface area is 430 Å². The second-order valence-electron chi connectivity index (χ2n) is 19.6. The van der Waals surface area contributed by atoms with E-state index < -0.39 is 5.79 Å². The number of rotatable bonds is 2. The standard InChI is InChI=1S/C8H18.C6H14.C5H12O2.C5H12O.2C5H12.C2H8Ge.C2H6O.C2H6S.7C2H4.2CH3.Sn/c1-7(2,3)8(4,5)6;1-5-6(2,3)4;1-5(2,6-3)7-4;1-5(2,3)6-4;2*1-5(2,3)4;3*1-3-2;7*1-2;;;/h1-6H3;5H2,1-4H3;1-4H3;1-4H3;2*1-4H3;3H2,1-2H3;2*1-2H3;7*1-2H2;2*1H3;. The molecule has 0 atom stereocenters. The van der Waals surface area contributed by atoms with E-state index in [4.69, 9.17) is 14.2 Å². The van der Waals surface area contributed by atoms with Crippen LogP contribution < -0.4 is 0 Å². The summed E-state index contributed by atoms with van der Waals surface area (Å²) in [6, 6.07) is 0. The third kappa shape index (κ3) is 513. The Balaban J connectivity index is -0.0000000244. The normalized spacial score (nSPS) is 8.92. The number of thioether (sulfide) groups is 1. The van der Waals surface area contributed by atoms with Gasteiger partial charge in [0.2, 0.25) is 0 Å². The molecule has 7 heteroatoms. The van der Waals surface area contributed by atoms with Gasteiger partial charge in [0.1, 0.15) is 0 Å². The molecule has 0 fully saturated rings. The molecule has 63 heavy (non-hydrogen) atoms. The van der Waals surface area contributed by atoms with Crippen molar-refractivity contribution in [2.24, 2.45) is 27.1 Å². The van der Waals surface area contributed by atoms with Gasteiger partial charge in [-0.1, -0.05) is 131 Å². The van der Waals surface area contributed by atoms with Crippen LogP contribution in [0.3, 0.4) is 0 Å². The maximum atomic E-state index is 4.94. The van der Waals surface area contributed by atoms with Gasteiger partial charge in [0, 0.05) is 35.5 Å². The van der Waals surface area contributed by atoms with Crippen LogP contribution in [0.25, 0.3) is 0 Å². The topological polar surface area (TPSA) is 36.9 Å². The van der Waals surface area contributed by atoms with Crippen LogP contribution in [-0.4, -0.2) is 96.0 Å². The van der Waals surface area contributed by atoms with E-state index in [2.05, 4.69) is 243 Å². The van der Waals surface area contributed by atoms with E-state index in [0.29, 0.717) is 27.1 Å². The fourth-order valence-electron chi connectivity index (χ4n) is 0.0833. The van der Waals surface area contributed by atoms with E-state index in [0.717, 1.165) is 0 Å². The minimum absolute atomic E-state index is 0.0417. The van der Waals surface area contributed by atoms with Gasteiger partial charge in [-0.15, -0.1) is 92.1 Å². The Morgan fingerprint density at radius 3 is 0.492 bits per heavy atom. The summed E-state index contributed by atoms with van der Waals surface area (Å²) in [6.45, 7) is 91.8. The van der Waals surface area contributed by atoms with Crippen molar-refractivity contribution in [1.82, 2.24) is 0 Å². The van der Waals surface area contributed by atoms with Crippen LogP contribution in [0.1, 0.15) is 166 Å². The van der Waals surface area contributed by atoms with E-state index in [-0.39, 0.29) is 42.2 Å². The molecule has 4 nitrogen and oxygen atoms in total. The van der Waals surface area contributed by atoms with Gasteiger partial charge in [0.05, 0.1) is 5.60 Å². The Kier molecular flexibility index (Phi) is 167. The van der Waals surface area contributed by atoms with Crippen LogP contribution in [0.2, 0.25) is 21.4 Å². The summed E-state index contributed by atoms with van der Waals surface area (Å²) in [6.07, 6.45) is 5.35. The molecule has 0 aromatic rings. The van der Waals surface area contributed by atoms with Gasteiger partial charge >= 0.3 is 58.0 Å². The first kappa shape index (κ1) is 114. The fourth-order valence-corrected chi connectivity index (χ4v) is 0.0833. The molecule has 0 aliphatic rings. The average molecular weight is 1100 g/mol. The molecule has 0 bridgehead atoms. The molecule has 0 unspecified atom stereocenters. The zero-order chi connectivity index (χ0) is 57.2. The monoisotopic (exact) mass is 1100 g/mol. The van der Waals surface area contributed by atoms with Crippen molar-refractivity contribution in [3.63, 3.8) is 0 Å². The zero-order valence-corrected chi connectivity index (χ0v) is 58.0. The summed E-state index contributed by atoms with van der Waals surface area (Å²) in [5.41, 5.74) is 2.46. The molecule has 0 aromatic carbocycles. The van der Waals surface area contributed by atoms with Crippen molar-refractivity contribution in [3.8, 4) is 0 Å². The van der Waals surface area contributed by atoms with Crippen LogP contribution in [-0.2, 0) is 18.9 Å². The summed E-state index contributed by atoms with van der Waals surface area (Å²) in [4.78, 5) is 4.59. The van der Waals surface area contributed by atoms with Crippen LogP contribution in [0.4, 0.5) is 0 Å². The molecule has 0 N–H and O–H groups in total. The SMILES string of the molecule is C=C.C=C.C=C.C=C.C=C.C=C.C=C.CC(C)(C)C.CC(C)(C)C.CC(C)(C)C(C)(C)C.CCC(C)(C)C.COC.COC(C)(C)C.COC(C)(C)OC.CSC.[CH3][GeH2][CH3].[CH3][Sn][CH3]. The number of hydrogen-bond donors (Lipinski definition) is 0. The van der Waals surface area contributed by atoms with Crippen LogP contribution in [0.15, 0.2) is 92.1 Å². The van der Waals surface area contributed by atoms with Crippen LogP contribution in [0, 0.1) is 27.1 Å². The van der Waals surface area contributed by atoms with Crippen molar-refractivity contribution in [2.45, 2.75) is 198 Å². The van der Waals surface area contributed by atoms with E-state index in [1.807, 2.05) is 47.1 Å². The first-order valence-corrected chi connectivity index (χ1v) is 35.0. The molecule has 0 aliphatic heterocycles. The third-order valence-electron chi connectivity index (χ3n) is 4.91. The first-order chi connectivity index (χ1) is 28.1. The third-order valence-corrected chi connectivity index (χ3v) is 4.91. The molecular formula is C56H134GeO4SSn. The summed E-state index contributed by atoms with van der Waals surface area (Å²) < 4.78 is 18.9.